The number of fused-ring (bicyclic) bond motifs is 1. The van der Waals surface area contributed by atoms with E-state index in [-0.39, 0.29) is 0 Å². The van der Waals surface area contributed by atoms with E-state index in [4.69, 9.17) is 0 Å². The summed E-state index contributed by atoms with van der Waals surface area (Å²) < 4.78 is 0. The number of benzene rings is 1. The molecule has 0 aliphatic rings. The van der Waals surface area contributed by atoms with Crippen molar-refractivity contribution in [2.75, 3.05) is 0 Å². The maximum atomic E-state index is 4.33. The van der Waals surface area contributed by atoms with E-state index in [0.717, 1.165) is 7.28 Å². The highest BCUT2D eigenvalue weighted by atomic mass is 14.6. The molecular weight excluding hydrogens is 145 g/mol. The van der Waals surface area contributed by atoms with Crippen LogP contribution in [0.2, 0.25) is 6.82 Å². The van der Waals surface area contributed by atoms with Gasteiger partial charge in [0.15, 0.2) is 7.28 Å². The maximum Gasteiger partial charge on any atom is 0.179 e. The summed E-state index contributed by atoms with van der Waals surface area (Å²) in [6.45, 7) is 2.13. The van der Waals surface area contributed by atoms with Crippen molar-refractivity contribution in [1.29, 1.82) is 0 Å². The molecule has 0 saturated carbocycles. The fourth-order valence-corrected chi connectivity index (χ4v) is 1.46. The Morgan fingerprint density at radius 2 is 2.00 bits per heavy atom. The average Bonchev–Trinajstić information content (AvgIpc) is 2.17. The van der Waals surface area contributed by atoms with E-state index < -0.39 is 0 Å². The Balaban J connectivity index is 2.79. The zero-order valence-electron chi connectivity index (χ0n) is 7.12. The monoisotopic (exact) mass is 155 g/mol. The lowest BCUT2D eigenvalue weighted by Crippen LogP contribution is -2.15. The van der Waals surface area contributed by atoms with E-state index in [9.17, 15) is 0 Å². The van der Waals surface area contributed by atoms with Gasteiger partial charge in [0.25, 0.3) is 0 Å². The van der Waals surface area contributed by atoms with Gasteiger partial charge in [0.1, 0.15) is 0 Å². The minimum absolute atomic E-state index is 1.00. The quantitative estimate of drug-likeness (QED) is 0.566. The molecule has 0 fully saturated rings. The molecule has 0 amide bonds. The number of nitrogens with zero attached hydrogens (tertiary/aromatic N) is 1. The van der Waals surface area contributed by atoms with Crippen LogP contribution in [-0.4, -0.2) is 12.3 Å². The Morgan fingerprint density at radius 1 is 1.17 bits per heavy atom. The summed E-state index contributed by atoms with van der Waals surface area (Å²) in [5.74, 6) is 0. The molecule has 0 aliphatic heterocycles. The zero-order valence-corrected chi connectivity index (χ0v) is 7.12. The molecule has 0 unspecified atom stereocenters. The largest absolute Gasteiger partial charge is 0.271 e. The lowest BCUT2D eigenvalue weighted by Gasteiger charge is -2.00. The second-order valence-electron chi connectivity index (χ2n) is 2.83. The van der Waals surface area contributed by atoms with Gasteiger partial charge < -0.3 is 0 Å². The second-order valence-corrected chi connectivity index (χ2v) is 2.83. The van der Waals surface area contributed by atoms with E-state index in [2.05, 4.69) is 42.1 Å². The van der Waals surface area contributed by atoms with Crippen molar-refractivity contribution in [3.05, 3.63) is 36.5 Å². The first-order valence-corrected chi connectivity index (χ1v) is 4.24. The smallest absolute Gasteiger partial charge is 0.179 e. The first kappa shape index (κ1) is 7.35. The van der Waals surface area contributed by atoms with Crippen molar-refractivity contribution in [2.45, 2.75) is 6.82 Å². The zero-order chi connectivity index (χ0) is 8.39. The van der Waals surface area contributed by atoms with Crippen molar-refractivity contribution >= 4 is 23.6 Å². The number of aromatic nitrogens is 1. The van der Waals surface area contributed by atoms with Crippen molar-refractivity contribution < 1.29 is 0 Å². The fourth-order valence-electron chi connectivity index (χ4n) is 1.46. The topological polar surface area (TPSA) is 12.9 Å². The molecule has 0 radical (unpaired) electrons. The van der Waals surface area contributed by atoms with Crippen LogP contribution in [0.1, 0.15) is 0 Å². The van der Waals surface area contributed by atoms with Crippen LogP contribution >= 0.6 is 0 Å². The van der Waals surface area contributed by atoms with Gasteiger partial charge in [0.05, 0.1) is 0 Å². The maximum absolute atomic E-state index is 4.33. The van der Waals surface area contributed by atoms with Crippen molar-refractivity contribution in [3.63, 3.8) is 0 Å². The fraction of sp³-hybridized carbons (Fsp3) is 0.100. The van der Waals surface area contributed by atoms with Crippen LogP contribution in [0.4, 0.5) is 0 Å². The van der Waals surface area contributed by atoms with Gasteiger partial charge in [-0.15, -0.1) is 0 Å². The Bertz CT molecular complexity index is 392. The lowest BCUT2D eigenvalue weighted by atomic mass is 9.75. The van der Waals surface area contributed by atoms with Gasteiger partial charge in [-0.2, -0.15) is 0 Å². The normalized spacial score (nSPS) is 10.1. The molecule has 0 spiro atoms. The minimum atomic E-state index is 1.00. The predicted octanol–water partition coefficient (Wildman–Crippen LogP) is 1.34. The molecule has 0 atom stereocenters. The molecule has 0 N–H and O–H groups in total. The van der Waals surface area contributed by atoms with Crippen molar-refractivity contribution in [1.82, 2.24) is 4.98 Å². The third-order valence-corrected chi connectivity index (χ3v) is 2.09. The summed E-state index contributed by atoms with van der Waals surface area (Å²) in [6, 6.07) is 10.4. The van der Waals surface area contributed by atoms with Gasteiger partial charge in [-0.1, -0.05) is 31.1 Å². The van der Waals surface area contributed by atoms with Crippen molar-refractivity contribution in [2.24, 2.45) is 0 Å². The molecule has 12 heavy (non-hydrogen) atoms. The molecule has 0 aliphatic carbocycles. The highest BCUT2D eigenvalue weighted by Gasteiger charge is 1.98. The van der Waals surface area contributed by atoms with Crippen LogP contribution in [0.15, 0.2) is 36.5 Å². The van der Waals surface area contributed by atoms with Gasteiger partial charge in [0.2, 0.25) is 0 Å². The first-order valence-electron chi connectivity index (χ1n) is 4.24. The average molecular weight is 155 g/mol. The second kappa shape index (κ2) is 2.98. The summed E-state index contributed by atoms with van der Waals surface area (Å²) in [4.78, 5) is 4.33. The molecule has 0 saturated heterocycles. The molecular formula is C10H10BN. The van der Waals surface area contributed by atoms with Crippen LogP contribution in [0.5, 0.6) is 0 Å². The minimum Gasteiger partial charge on any atom is -0.271 e. The molecule has 2 aromatic rings. The van der Waals surface area contributed by atoms with E-state index in [1.54, 1.807) is 0 Å². The summed E-state index contributed by atoms with van der Waals surface area (Å²) >= 11 is 0. The van der Waals surface area contributed by atoms with E-state index in [1.807, 2.05) is 6.20 Å². The standard InChI is InChI=1S/C10H10BN/c1-11-10-9-5-3-2-4-8(9)6-7-12-10/h2-7,11H,1H3. The Kier molecular flexibility index (Phi) is 1.82. The Labute approximate surface area is 72.7 Å². The molecule has 1 heterocycles. The number of pyridine rings is 1. The molecule has 0 bridgehead atoms. The van der Waals surface area contributed by atoms with E-state index in [1.165, 1.54) is 16.4 Å². The third-order valence-electron chi connectivity index (χ3n) is 2.09. The Hall–Kier alpha value is -1.31. The Morgan fingerprint density at radius 3 is 2.83 bits per heavy atom. The number of hydrogen-bond acceptors (Lipinski definition) is 1. The number of rotatable bonds is 1. The highest BCUT2D eigenvalue weighted by Crippen LogP contribution is 2.08. The summed E-state index contributed by atoms with van der Waals surface area (Å²) in [6.07, 6.45) is 1.88. The summed E-state index contributed by atoms with van der Waals surface area (Å²) in [5, 5.41) is 2.56. The molecule has 2 heteroatoms. The van der Waals surface area contributed by atoms with Gasteiger partial charge in [-0.25, -0.2) is 0 Å². The van der Waals surface area contributed by atoms with Crippen LogP contribution in [-0.2, 0) is 0 Å². The molecule has 58 valence electrons. The molecule has 2 rings (SSSR count). The van der Waals surface area contributed by atoms with E-state index in [0.29, 0.717) is 0 Å². The molecule has 1 aromatic heterocycles. The summed E-state index contributed by atoms with van der Waals surface area (Å²) in [7, 11) is 1.00. The van der Waals surface area contributed by atoms with Gasteiger partial charge in [-0.05, 0) is 16.8 Å². The predicted molar refractivity (Wildman–Crippen MR) is 54.4 cm³/mol. The van der Waals surface area contributed by atoms with E-state index >= 15 is 0 Å². The molecule has 1 nitrogen and oxygen atoms in total. The lowest BCUT2D eigenvalue weighted by molar-refractivity contribution is 1.41. The summed E-state index contributed by atoms with van der Waals surface area (Å²) in [5.41, 5.74) is 1.19. The highest BCUT2D eigenvalue weighted by molar-refractivity contribution is 6.54. The van der Waals surface area contributed by atoms with Gasteiger partial charge in [0, 0.05) is 11.8 Å². The van der Waals surface area contributed by atoms with Gasteiger partial charge in [-0.3, -0.25) is 4.98 Å². The van der Waals surface area contributed by atoms with Crippen LogP contribution in [0, 0.1) is 0 Å². The van der Waals surface area contributed by atoms with Crippen LogP contribution < -0.4 is 5.59 Å². The van der Waals surface area contributed by atoms with Crippen molar-refractivity contribution in [3.8, 4) is 0 Å². The first-order chi connectivity index (χ1) is 5.92. The van der Waals surface area contributed by atoms with Crippen LogP contribution in [0.3, 0.4) is 0 Å². The number of hydrogen-bond donors (Lipinski definition) is 0. The van der Waals surface area contributed by atoms with Gasteiger partial charge >= 0.3 is 0 Å². The molecule has 1 aromatic carbocycles. The van der Waals surface area contributed by atoms with Crippen LogP contribution in [0.25, 0.3) is 10.8 Å². The third kappa shape index (κ3) is 1.09. The SMILES string of the molecule is CBc1nccc2ccccc12.